The molecule has 0 saturated heterocycles. The lowest BCUT2D eigenvalue weighted by Gasteiger charge is -2.09. The van der Waals surface area contributed by atoms with E-state index in [4.69, 9.17) is 23.2 Å². The van der Waals surface area contributed by atoms with E-state index in [0.29, 0.717) is 40.3 Å². The number of amides is 2. The minimum absolute atomic E-state index is 0.106. The molecule has 0 atom stereocenters. The number of thioether (sulfide) groups is 1. The van der Waals surface area contributed by atoms with Crippen molar-refractivity contribution in [1.29, 1.82) is 0 Å². The van der Waals surface area contributed by atoms with E-state index in [1.165, 1.54) is 23.4 Å². The molecule has 0 aliphatic carbocycles. The minimum atomic E-state index is -0.241. The SMILES string of the molecule is CCc1ccc(NC(=O)CSc2nnc(CCNC(=O)c3ccc(Cl)c(Cl)c3)n2CC)cc1. The van der Waals surface area contributed by atoms with Crippen LogP contribution in [0, 0.1) is 0 Å². The Bertz CT molecular complexity index is 1120. The van der Waals surface area contributed by atoms with Crippen molar-refractivity contribution in [3.8, 4) is 0 Å². The summed E-state index contributed by atoms with van der Waals surface area (Å²) in [4.78, 5) is 24.6. The van der Waals surface area contributed by atoms with Crippen molar-refractivity contribution in [3.05, 3.63) is 69.5 Å². The Kier molecular flexibility index (Phi) is 9.17. The zero-order chi connectivity index (χ0) is 23.8. The van der Waals surface area contributed by atoms with Gasteiger partial charge in [-0.1, -0.05) is 54.0 Å². The van der Waals surface area contributed by atoms with Gasteiger partial charge < -0.3 is 15.2 Å². The number of carbonyl (C=O) groups excluding carboxylic acids is 2. The van der Waals surface area contributed by atoms with Crippen molar-refractivity contribution in [1.82, 2.24) is 20.1 Å². The second kappa shape index (κ2) is 12.1. The van der Waals surface area contributed by atoms with Crippen molar-refractivity contribution in [3.63, 3.8) is 0 Å². The van der Waals surface area contributed by atoms with Crippen LogP contribution in [0.3, 0.4) is 0 Å². The summed E-state index contributed by atoms with van der Waals surface area (Å²) in [6, 6.07) is 12.6. The summed E-state index contributed by atoms with van der Waals surface area (Å²) in [5.74, 6) is 0.617. The highest BCUT2D eigenvalue weighted by Gasteiger charge is 2.14. The van der Waals surface area contributed by atoms with Crippen molar-refractivity contribution >= 4 is 52.5 Å². The second-order valence-corrected chi connectivity index (χ2v) is 8.92. The van der Waals surface area contributed by atoms with Crippen LogP contribution in [0.25, 0.3) is 0 Å². The van der Waals surface area contributed by atoms with Crippen LogP contribution in [0.5, 0.6) is 0 Å². The van der Waals surface area contributed by atoms with Gasteiger partial charge in [0.1, 0.15) is 5.82 Å². The monoisotopic (exact) mass is 505 g/mol. The molecular formula is C23H25Cl2N5O2S. The first kappa shape index (κ1) is 25.1. The number of aryl methyl sites for hydroxylation is 1. The predicted octanol–water partition coefficient (Wildman–Crippen LogP) is 4.87. The van der Waals surface area contributed by atoms with Crippen molar-refractivity contribution < 1.29 is 9.59 Å². The van der Waals surface area contributed by atoms with Gasteiger partial charge in [0.25, 0.3) is 5.91 Å². The number of nitrogens with one attached hydrogen (secondary N) is 2. The number of rotatable bonds is 10. The Morgan fingerprint density at radius 3 is 2.45 bits per heavy atom. The first-order valence-corrected chi connectivity index (χ1v) is 12.3. The van der Waals surface area contributed by atoms with Gasteiger partial charge in [-0.15, -0.1) is 10.2 Å². The molecule has 0 spiro atoms. The highest BCUT2D eigenvalue weighted by molar-refractivity contribution is 7.99. The maximum Gasteiger partial charge on any atom is 0.251 e. The highest BCUT2D eigenvalue weighted by atomic mass is 35.5. The van der Waals surface area contributed by atoms with E-state index in [0.717, 1.165) is 17.9 Å². The summed E-state index contributed by atoms with van der Waals surface area (Å²) in [7, 11) is 0. The number of benzene rings is 2. The van der Waals surface area contributed by atoms with Crippen LogP contribution >= 0.6 is 35.0 Å². The summed E-state index contributed by atoms with van der Waals surface area (Å²) in [6.07, 6.45) is 1.46. The molecule has 0 unspecified atom stereocenters. The number of hydrogen-bond acceptors (Lipinski definition) is 5. The lowest BCUT2D eigenvalue weighted by Crippen LogP contribution is -2.26. The minimum Gasteiger partial charge on any atom is -0.352 e. The molecule has 2 N–H and O–H groups in total. The Morgan fingerprint density at radius 2 is 1.79 bits per heavy atom. The third-order valence-corrected chi connectivity index (χ3v) is 6.61. The van der Waals surface area contributed by atoms with Gasteiger partial charge in [0.05, 0.1) is 15.8 Å². The van der Waals surface area contributed by atoms with Crippen molar-refractivity contribution in [2.24, 2.45) is 0 Å². The first-order chi connectivity index (χ1) is 15.9. The molecule has 1 heterocycles. The van der Waals surface area contributed by atoms with Crippen molar-refractivity contribution in [2.45, 2.75) is 38.4 Å². The van der Waals surface area contributed by atoms with E-state index >= 15 is 0 Å². The molecule has 10 heteroatoms. The van der Waals surface area contributed by atoms with Gasteiger partial charge in [0.15, 0.2) is 5.16 Å². The van der Waals surface area contributed by atoms with Gasteiger partial charge in [-0.3, -0.25) is 9.59 Å². The van der Waals surface area contributed by atoms with Gasteiger partial charge in [-0.25, -0.2) is 0 Å². The van der Waals surface area contributed by atoms with Gasteiger partial charge in [0.2, 0.25) is 5.91 Å². The van der Waals surface area contributed by atoms with E-state index in [9.17, 15) is 9.59 Å². The lowest BCUT2D eigenvalue weighted by atomic mass is 10.1. The molecule has 3 rings (SSSR count). The number of anilines is 1. The summed E-state index contributed by atoms with van der Waals surface area (Å²) in [6.45, 7) is 5.12. The standard InChI is InChI=1S/C23H25Cl2N5O2S/c1-3-15-5-8-17(9-6-15)27-21(31)14-33-23-29-28-20(30(23)4-2)11-12-26-22(32)16-7-10-18(24)19(25)13-16/h5-10,13H,3-4,11-12,14H2,1-2H3,(H,26,32)(H,27,31). The molecule has 2 aromatic carbocycles. The average molecular weight is 506 g/mol. The molecular weight excluding hydrogens is 481 g/mol. The number of halogens is 2. The number of carbonyl (C=O) groups is 2. The molecule has 0 fully saturated rings. The number of hydrogen-bond donors (Lipinski definition) is 2. The molecule has 1 aromatic heterocycles. The maximum atomic E-state index is 12.3. The topological polar surface area (TPSA) is 88.9 Å². The maximum absolute atomic E-state index is 12.3. The Morgan fingerprint density at radius 1 is 1.03 bits per heavy atom. The first-order valence-electron chi connectivity index (χ1n) is 10.6. The molecule has 0 aliphatic heterocycles. The molecule has 7 nitrogen and oxygen atoms in total. The molecule has 0 aliphatic rings. The molecule has 2 amide bonds. The van der Waals surface area contributed by atoms with E-state index in [1.54, 1.807) is 12.1 Å². The van der Waals surface area contributed by atoms with Crippen LogP contribution in [-0.4, -0.2) is 38.9 Å². The smallest absolute Gasteiger partial charge is 0.251 e. The number of nitrogens with zero attached hydrogens (tertiary/aromatic N) is 3. The molecule has 0 bridgehead atoms. The zero-order valence-electron chi connectivity index (χ0n) is 18.4. The fraction of sp³-hybridized carbons (Fsp3) is 0.304. The van der Waals surface area contributed by atoms with Crippen molar-refractivity contribution in [2.75, 3.05) is 17.6 Å². The molecule has 174 valence electrons. The Balaban J connectivity index is 1.50. The van der Waals surface area contributed by atoms with E-state index in [2.05, 4.69) is 27.8 Å². The second-order valence-electron chi connectivity index (χ2n) is 7.17. The van der Waals surface area contributed by atoms with Crippen LogP contribution in [0.4, 0.5) is 5.69 Å². The summed E-state index contributed by atoms with van der Waals surface area (Å²) in [5.41, 5.74) is 2.43. The molecule has 33 heavy (non-hydrogen) atoms. The summed E-state index contributed by atoms with van der Waals surface area (Å²) >= 11 is 13.2. The summed E-state index contributed by atoms with van der Waals surface area (Å²) < 4.78 is 1.94. The fourth-order valence-corrected chi connectivity index (χ4v) is 4.23. The van der Waals surface area contributed by atoms with E-state index in [1.807, 2.05) is 35.8 Å². The highest BCUT2D eigenvalue weighted by Crippen LogP contribution is 2.22. The molecule has 3 aromatic rings. The van der Waals surface area contributed by atoms with E-state index in [-0.39, 0.29) is 17.6 Å². The van der Waals surface area contributed by atoms with Gasteiger partial charge in [-0.2, -0.15) is 0 Å². The predicted molar refractivity (Wildman–Crippen MR) is 133 cm³/mol. The van der Waals surface area contributed by atoms with Gasteiger partial charge >= 0.3 is 0 Å². The quantitative estimate of drug-likeness (QED) is 0.383. The van der Waals surface area contributed by atoms with Gasteiger partial charge in [-0.05, 0) is 49.2 Å². The zero-order valence-corrected chi connectivity index (χ0v) is 20.7. The van der Waals surface area contributed by atoms with Crippen LogP contribution in [-0.2, 0) is 24.2 Å². The fourth-order valence-electron chi connectivity index (χ4n) is 3.11. The van der Waals surface area contributed by atoms with Crippen LogP contribution in [0.1, 0.15) is 35.6 Å². The largest absolute Gasteiger partial charge is 0.352 e. The average Bonchev–Trinajstić information content (AvgIpc) is 3.21. The van der Waals surface area contributed by atoms with Crippen LogP contribution < -0.4 is 10.6 Å². The third kappa shape index (κ3) is 6.96. The van der Waals surface area contributed by atoms with E-state index < -0.39 is 0 Å². The normalized spacial score (nSPS) is 10.8. The molecule has 0 radical (unpaired) electrons. The Hall–Kier alpha value is -2.55. The lowest BCUT2D eigenvalue weighted by molar-refractivity contribution is -0.113. The van der Waals surface area contributed by atoms with Crippen LogP contribution in [0.2, 0.25) is 10.0 Å². The van der Waals surface area contributed by atoms with Crippen LogP contribution in [0.15, 0.2) is 47.6 Å². The molecule has 0 saturated carbocycles. The van der Waals surface area contributed by atoms with Gasteiger partial charge in [0, 0.05) is 30.8 Å². The summed E-state index contributed by atoms with van der Waals surface area (Å²) in [5, 5.41) is 15.6. The Labute approximate surface area is 207 Å². The number of aromatic nitrogens is 3. The third-order valence-electron chi connectivity index (χ3n) is 4.90.